The van der Waals surface area contributed by atoms with E-state index in [0.717, 1.165) is 62.5 Å². The van der Waals surface area contributed by atoms with Crippen molar-refractivity contribution in [2.45, 2.75) is 32.2 Å². The van der Waals surface area contributed by atoms with Crippen molar-refractivity contribution < 1.29 is 14.3 Å². The van der Waals surface area contributed by atoms with Gasteiger partial charge in [-0.1, -0.05) is 6.08 Å². The van der Waals surface area contributed by atoms with Gasteiger partial charge in [-0.25, -0.2) is 14.3 Å². The van der Waals surface area contributed by atoms with Crippen LogP contribution in [0.1, 0.15) is 31.2 Å². The molecule has 2 saturated heterocycles. The summed E-state index contributed by atoms with van der Waals surface area (Å²) in [7, 11) is 4.10. The highest BCUT2D eigenvalue weighted by Gasteiger charge is 2.21. The second-order valence-corrected chi connectivity index (χ2v) is 11.4. The largest absolute Gasteiger partial charge is 0.378 e. The third-order valence-corrected chi connectivity index (χ3v) is 7.83. The van der Waals surface area contributed by atoms with E-state index in [4.69, 9.17) is 14.8 Å². The number of aromatic nitrogens is 3. The number of carbonyl (C=O) groups excluding carboxylic acids is 2. The molecule has 11 nitrogen and oxygen atoms in total. The lowest BCUT2D eigenvalue weighted by molar-refractivity contribution is -0.127. The number of amides is 3. The molecular formula is C32H38N8O3. The quantitative estimate of drug-likeness (QED) is 0.465. The van der Waals surface area contributed by atoms with Crippen LogP contribution in [0.4, 0.5) is 16.3 Å². The highest BCUT2D eigenvalue weighted by molar-refractivity contribution is 6.09. The van der Waals surface area contributed by atoms with Crippen LogP contribution in [0.3, 0.4) is 0 Å². The van der Waals surface area contributed by atoms with E-state index in [9.17, 15) is 9.59 Å². The lowest BCUT2D eigenvalue weighted by Gasteiger charge is -2.28. The van der Waals surface area contributed by atoms with Gasteiger partial charge < -0.3 is 24.8 Å². The van der Waals surface area contributed by atoms with E-state index in [1.54, 1.807) is 12.2 Å². The minimum absolute atomic E-state index is 0.0607. The number of urea groups is 1. The molecule has 0 bridgehead atoms. The van der Waals surface area contributed by atoms with Crippen molar-refractivity contribution in [3.63, 3.8) is 0 Å². The second-order valence-electron chi connectivity index (χ2n) is 11.4. The standard InChI is InChI=1S/C32H38N8O3/c1-37(2)21-23-20-28-30(38-16-18-43-19-17-38)35-29(36-40(28)22-23)24-6-10-26(11-7-24)33-32(42)34-27-12-8-25(9-13-27)31(41)39-14-4-3-5-15-39/h6-12,20,22H,3-5,13-19,21H2,1-2H3,(H,33,42). The summed E-state index contributed by atoms with van der Waals surface area (Å²) >= 11 is 0. The molecule has 0 atom stereocenters. The van der Waals surface area contributed by atoms with Crippen molar-refractivity contribution in [1.29, 1.82) is 0 Å². The van der Waals surface area contributed by atoms with E-state index >= 15 is 0 Å². The van der Waals surface area contributed by atoms with Gasteiger partial charge in [0, 0.05) is 67.9 Å². The third-order valence-electron chi connectivity index (χ3n) is 7.83. The summed E-state index contributed by atoms with van der Waals surface area (Å²) in [4.78, 5) is 40.9. The van der Waals surface area contributed by atoms with Crippen molar-refractivity contribution in [3.8, 4) is 11.4 Å². The molecule has 0 saturated carbocycles. The van der Waals surface area contributed by atoms with Gasteiger partial charge >= 0.3 is 6.03 Å². The number of morpholine rings is 1. The molecule has 224 valence electrons. The Morgan fingerprint density at radius 1 is 1.02 bits per heavy atom. The zero-order chi connectivity index (χ0) is 29.8. The van der Waals surface area contributed by atoms with E-state index in [1.807, 2.05) is 53.9 Å². The smallest absolute Gasteiger partial charge is 0.345 e. The molecule has 2 fully saturated rings. The molecule has 1 aliphatic carbocycles. The summed E-state index contributed by atoms with van der Waals surface area (Å²) in [6.07, 6.45) is 11.2. The van der Waals surface area contributed by atoms with Crippen molar-refractivity contribution in [3.05, 3.63) is 65.9 Å². The molecule has 1 aromatic carbocycles. The van der Waals surface area contributed by atoms with E-state index in [-0.39, 0.29) is 5.91 Å². The Morgan fingerprint density at radius 2 is 1.79 bits per heavy atom. The van der Waals surface area contributed by atoms with Crippen molar-refractivity contribution in [2.75, 3.05) is 63.7 Å². The number of hydrogen-bond acceptors (Lipinski definition) is 7. The molecule has 11 heteroatoms. The van der Waals surface area contributed by atoms with Crippen LogP contribution in [0, 0.1) is 0 Å². The van der Waals surface area contributed by atoms with Crippen molar-refractivity contribution in [1.82, 2.24) is 24.4 Å². The van der Waals surface area contributed by atoms with E-state index in [2.05, 4.69) is 32.4 Å². The number of aliphatic imine (C=N–C) groups is 1. The maximum Gasteiger partial charge on any atom is 0.345 e. The lowest BCUT2D eigenvalue weighted by Crippen LogP contribution is -2.37. The number of carbonyl (C=O) groups is 2. The molecule has 3 aromatic rings. The predicted octanol–water partition coefficient (Wildman–Crippen LogP) is 4.17. The summed E-state index contributed by atoms with van der Waals surface area (Å²) in [6.45, 7) is 5.31. The normalized spacial score (nSPS) is 18.4. The topological polar surface area (TPSA) is 108 Å². The minimum Gasteiger partial charge on any atom is -0.378 e. The Balaban J connectivity index is 1.14. The maximum absolute atomic E-state index is 12.7. The lowest BCUT2D eigenvalue weighted by atomic mass is 10.0. The number of allylic oxidation sites excluding steroid dienone is 2. The van der Waals surface area contributed by atoms with Crippen LogP contribution in [0.15, 0.2) is 65.3 Å². The highest BCUT2D eigenvalue weighted by Crippen LogP contribution is 2.27. The number of ether oxygens (including phenoxy) is 1. The summed E-state index contributed by atoms with van der Waals surface area (Å²) in [5, 5.41) is 7.66. The predicted molar refractivity (Wildman–Crippen MR) is 168 cm³/mol. The number of piperidine rings is 1. The van der Waals surface area contributed by atoms with Crippen molar-refractivity contribution in [2.24, 2.45) is 4.99 Å². The molecule has 43 heavy (non-hydrogen) atoms. The van der Waals surface area contributed by atoms with Gasteiger partial charge in [-0.15, -0.1) is 5.10 Å². The Labute approximate surface area is 251 Å². The number of likely N-dealkylation sites (tertiary alicyclic amines) is 1. The molecule has 0 spiro atoms. The molecule has 3 amide bonds. The number of benzene rings is 1. The first-order valence-electron chi connectivity index (χ1n) is 15.0. The Kier molecular flexibility index (Phi) is 8.62. The number of nitrogens with one attached hydrogen (secondary N) is 1. The van der Waals surface area contributed by atoms with Gasteiger partial charge in [0.1, 0.15) is 5.52 Å². The van der Waals surface area contributed by atoms with Crippen LogP contribution in [0.25, 0.3) is 16.9 Å². The molecule has 0 unspecified atom stereocenters. The van der Waals surface area contributed by atoms with Crippen LogP contribution in [-0.4, -0.2) is 95.5 Å². The Bertz CT molecular complexity index is 1580. The van der Waals surface area contributed by atoms with Crippen LogP contribution in [0.2, 0.25) is 0 Å². The van der Waals surface area contributed by atoms with Crippen molar-refractivity contribution >= 4 is 34.7 Å². The number of hydrogen-bond donors (Lipinski definition) is 1. The first kappa shape index (κ1) is 28.8. The van der Waals surface area contributed by atoms with Gasteiger partial charge in [0.05, 0.1) is 13.2 Å². The Morgan fingerprint density at radius 3 is 2.49 bits per heavy atom. The fourth-order valence-electron chi connectivity index (χ4n) is 5.66. The first-order chi connectivity index (χ1) is 20.9. The van der Waals surface area contributed by atoms with Crippen LogP contribution in [-0.2, 0) is 16.1 Å². The fraction of sp³-hybridized carbons (Fsp3) is 0.406. The van der Waals surface area contributed by atoms with Gasteiger partial charge in [0.25, 0.3) is 5.91 Å². The number of anilines is 2. The molecule has 3 aliphatic rings. The van der Waals surface area contributed by atoms with E-state index in [0.29, 0.717) is 42.4 Å². The zero-order valence-corrected chi connectivity index (χ0v) is 24.8. The first-order valence-corrected chi connectivity index (χ1v) is 15.0. The number of fused-ring (bicyclic) bond motifs is 1. The molecule has 2 aliphatic heterocycles. The van der Waals surface area contributed by atoms with Gasteiger partial charge in [-0.2, -0.15) is 4.99 Å². The monoisotopic (exact) mass is 582 g/mol. The van der Waals surface area contributed by atoms with Gasteiger partial charge in [-0.3, -0.25) is 4.79 Å². The van der Waals surface area contributed by atoms with E-state index in [1.165, 1.54) is 12.0 Å². The SMILES string of the molecule is CN(C)Cc1cc2c(N3CCOCC3)nc(-c3ccc(NC(=O)N=C4C=CC(C(=O)N5CCCCC5)=CC4)cc3)nn2c1. The van der Waals surface area contributed by atoms with Crippen LogP contribution >= 0.6 is 0 Å². The summed E-state index contributed by atoms with van der Waals surface area (Å²) in [5.41, 5.74) is 4.89. The molecule has 6 rings (SSSR count). The van der Waals surface area contributed by atoms with Crippen LogP contribution in [0.5, 0.6) is 0 Å². The third kappa shape index (κ3) is 6.84. The highest BCUT2D eigenvalue weighted by atomic mass is 16.5. The molecule has 1 N–H and O–H groups in total. The summed E-state index contributed by atoms with van der Waals surface area (Å²) < 4.78 is 7.48. The average Bonchev–Trinajstić information content (AvgIpc) is 3.43. The maximum atomic E-state index is 12.7. The van der Waals surface area contributed by atoms with Gasteiger partial charge in [0.2, 0.25) is 0 Å². The van der Waals surface area contributed by atoms with E-state index < -0.39 is 6.03 Å². The fourth-order valence-corrected chi connectivity index (χ4v) is 5.66. The average molecular weight is 583 g/mol. The summed E-state index contributed by atoms with van der Waals surface area (Å²) in [5.74, 6) is 1.56. The number of nitrogens with zero attached hydrogens (tertiary/aromatic N) is 7. The molecule has 2 aromatic heterocycles. The minimum atomic E-state index is -0.459. The Hall–Kier alpha value is -4.35. The van der Waals surface area contributed by atoms with Gasteiger partial charge in [-0.05, 0) is 81.4 Å². The summed E-state index contributed by atoms with van der Waals surface area (Å²) in [6, 6.07) is 9.15. The number of rotatable bonds is 6. The zero-order valence-electron chi connectivity index (χ0n) is 24.8. The van der Waals surface area contributed by atoms with Crippen LogP contribution < -0.4 is 10.2 Å². The molecule has 4 heterocycles. The van der Waals surface area contributed by atoms with Gasteiger partial charge in [0.15, 0.2) is 11.6 Å². The molecule has 0 radical (unpaired) electrons. The molecular weight excluding hydrogens is 544 g/mol. The second kappa shape index (κ2) is 12.9.